The molecule has 0 aliphatic carbocycles. The molecule has 0 aliphatic heterocycles. The molecule has 0 radical (unpaired) electrons. The topological polar surface area (TPSA) is 104 Å². The van der Waals surface area contributed by atoms with Gasteiger partial charge in [0.05, 0.1) is 33.4 Å². The van der Waals surface area contributed by atoms with Gasteiger partial charge in [-0.3, -0.25) is 0 Å². The number of ether oxygens (including phenoxy) is 3. The van der Waals surface area contributed by atoms with Crippen LogP contribution in [-0.2, 0) is 16.6 Å². The molecular formula is C19H20FN3O6S. The van der Waals surface area contributed by atoms with Crippen LogP contribution >= 0.6 is 0 Å². The van der Waals surface area contributed by atoms with Gasteiger partial charge in [0.1, 0.15) is 28.0 Å². The summed E-state index contributed by atoms with van der Waals surface area (Å²) in [5.41, 5.74) is 0.547. The van der Waals surface area contributed by atoms with Crippen molar-refractivity contribution in [1.29, 1.82) is 0 Å². The van der Waals surface area contributed by atoms with Crippen molar-refractivity contribution >= 4 is 10.0 Å². The van der Waals surface area contributed by atoms with E-state index in [4.69, 9.17) is 18.7 Å². The van der Waals surface area contributed by atoms with Crippen molar-refractivity contribution in [1.82, 2.24) is 14.4 Å². The third-order valence-electron chi connectivity index (χ3n) is 4.29. The molecule has 0 fully saturated rings. The molecule has 0 spiro atoms. The third-order valence-corrected chi connectivity index (χ3v) is 6.11. The van der Waals surface area contributed by atoms with Crippen LogP contribution in [-0.4, -0.2) is 51.2 Å². The van der Waals surface area contributed by atoms with Gasteiger partial charge in [-0.25, -0.2) is 12.8 Å². The fourth-order valence-corrected chi connectivity index (χ4v) is 3.99. The second-order valence-corrected chi connectivity index (χ2v) is 8.15. The van der Waals surface area contributed by atoms with Crippen LogP contribution in [0.5, 0.6) is 17.2 Å². The predicted octanol–water partition coefficient (Wildman–Crippen LogP) is 2.72. The molecule has 11 heteroatoms. The summed E-state index contributed by atoms with van der Waals surface area (Å²) in [6, 6.07) is 8.33. The Labute approximate surface area is 173 Å². The minimum atomic E-state index is -4.08. The number of benzene rings is 2. The second kappa shape index (κ2) is 8.67. The summed E-state index contributed by atoms with van der Waals surface area (Å²) in [5.74, 6) is 0.649. The molecule has 9 nitrogen and oxygen atoms in total. The predicted molar refractivity (Wildman–Crippen MR) is 104 cm³/mol. The quantitative estimate of drug-likeness (QED) is 0.530. The molecule has 0 N–H and O–H groups in total. The molecular weight excluding hydrogens is 417 g/mol. The summed E-state index contributed by atoms with van der Waals surface area (Å²) in [5, 5.41) is 3.89. The smallest absolute Gasteiger partial charge is 0.247 e. The van der Waals surface area contributed by atoms with E-state index in [9.17, 15) is 12.8 Å². The van der Waals surface area contributed by atoms with Gasteiger partial charge in [0, 0.05) is 13.1 Å². The molecule has 160 valence electrons. The molecule has 0 bridgehead atoms. The number of hydrogen-bond donors (Lipinski definition) is 0. The summed E-state index contributed by atoms with van der Waals surface area (Å²) in [6.07, 6.45) is 0. The van der Waals surface area contributed by atoms with Crippen LogP contribution in [0.2, 0.25) is 0 Å². The number of aromatic nitrogens is 2. The van der Waals surface area contributed by atoms with Gasteiger partial charge < -0.3 is 18.7 Å². The summed E-state index contributed by atoms with van der Waals surface area (Å²) in [4.78, 5) is 3.94. The number of methoxy groups -OCH3 is 3. The summed E-state index contributed by atoms with van der Waals surface area (Å²) >= 11 is 0. The maximum absolute atomic E-state index is 13.6. The van der Waals surface area contributed by atoms with Crippen molar-refractivity contribution in [3.05, 3.63) is 48.1 Å². The molecule has 0 saturated carbocycles. The molecule has 3 aromatic rings. The van der Waals surface area contributed by atoms with Gasteiger partial charge in [0.15, 0.2) is 0 Å². The largest absolute Gasteiger partial charge is 0.497 e. The first-order valence-corrected chi connectivity index (χ1v) is 10.1. The number of hydrogen-bond acceptors (Lipinski definition) is 8. The molecule has 30 heavy (non-hydrogen) atoms. The van der Waals surface area contributed by atoms with Crippen LogP contribution in [0.15, 0.2) is 45.8 Å². The van der Waals surface area contributed by atoms with E-state index in [1.807, 2.05) is 0 Å². The molecule has 0 saturated heterocycles. The zero-order valence-electron chi connectivity index (χ0n) is 16.7. The van der Waals surface area contributed by atoms with E-state index in [1.54, 1.807) is 18.2 Å². The van der Waals surface area contributed by atoms with Crippen molar-refractivity contribution in [3.63, 3.8) is 0 Å². The van der Waals surface area contributed by atoms with Crippen LogP contribution in [0.25, 0.3) is 11.4 Å². The van der Waals surface area contributed by atoms with E-state index >= 15 is 0 Å². The summed E-state index contributed by atoms with van der Waals surface area (Å²) in [6.45, 7) is -0.229. The van der Waals surface area contributed by atoms with E-state index < -0.39 is 15.8 Å². The van der Waals surface area contributed by atoms with Crippen molar-refractivity contribution in [2.75, 3.05) is 28.4 Å². The summed E-state index contributed by atoms with van der Waals surface area (Å²) < 4.78 is 61.1. The van der Waals surface area contributed by atoms with Gasteiger partial charge in [-0.05, 0) is 30.3 Å². The number of nitrogens with zero attached hydrogens (tertiary/aromatic N) is 3. The third kappa shape index (κ3) is 4.21. The van der Waals surface area contributed by atoms with Gasteiger partial charge in [-0.15, -0.1) is 0 Å². The van der Waals surface area contributed by atoms with Crippen molar-refractivity contribution in [2.24, 2.45) is 0 Å². The van der Waals surface area contributed by atoms with Crippen molar-refractivity contribution < 1.29 is 31.5 Å². The zero-order chi connectivity index (χ0) is 21.9. The Morgan fingerprint density at radius 2 is 1.77 bits per heavy atom. The minimum absolute atomic E-state index is 0.0254. The van der Waals surface area contributed by atoms with Crippen LogP contribution in [0.4, 0.5) is 4.39 Å². The first-order valence-electron chi connectivity index (χ1n) is 8.65. The molecule has 3 rings (SSSR count). The highest BCUT2D eigenvalue weighted by Gasteiger charge is 2.27. The molecule has 0 atom stereocenters. The Kier molecular flexibility index (Phi) is 6.22. The van der Waals surface area contributed by atoms with Gasteiger partial charge in [0.2, 0.25) is 21.7 Å². The summed E-state index contributed by atoms with van der Waals surface area (Å²) in [7, 11) is 1.57. The maximum Gasteiger partial charge on any atom is 0.247 e. The zero-order valence-corrected chi connectivity index (χ0v) is 17.6. The fourth-order valence-electron chi connectivity index (χ4n) is 2.71. The lowest BCUT2D eigenvalue weighted by molar-refractivity contribution is 0.335. The van der Waals surface area contributed by atoms with E-state index in [0.29, 0.717) is 17.1 Å². The highest BCUT2D eigenvalue weighted by molar-refractivity contribution is 7.89. The van der Waals surface area contributed by atoms with Crippen molar-refractivity contribution in [2.45, 2.75) is 11.4 Å². The average molecular weight is 437 g/mol. The molecule has 0 unspecified atom stereocenters. The van der Waals surface area contributed by atoms with Gasteiger partial charge in [-0.1, -0.05) is 5.16 Å². The first-order chi connectivity index (χ1) is 14.3. The van der Waals surface area contributed by atoms with Crippen molar-refractivity contribution in [3.8, 4) is 28.6 Å². The molecule has 0 aliphatic rings. The van der Waals surface area contributed by atoms with Crippen LogP contribution in [0.3, 0.4) is 0 Å². The Morgan fingerprint density at radius 1 is 1.03 bits per heavy atom. The van der Waals surface area contributed by atoms with Gasteiger partial charge in [0.25, 0.3) is 0 Å². The Morgan fingerprint density at radius 3 is 2.43 bits per heavy atom. The van der Waals surface area contributed by atoms with E-state index in [-0.39, 0.29) is 28.9 Å². The van der Waals surface area contributed by atoms with Crippen LogP contribution < -0.4 is 14.2 Å². The van der Waals surface area contributed by atoms with E-state index in [2.05, 4.69) is 10.1 Å². The molecule has 0 amide bonds. The second-order valence-electron chi connectivity index (χ2n) is 6.13. The Balaban J connectivity index is 1.87. The van der Waals surface area contributed by atoms with Gasteiger partial charge >= 0.3 is 0 Å². The number of halogens is 1. The Hall–Kier alpha value is -3.18. The van der Waals surface area contributed by atoms with E-state index in [1.165, 1.54) is 34.4 Å². The SMILES string of the molecule is COc1ccc(-c2noc(CN(C)S(=O)(=O)c3cc(F)ccc3OC)n2)c(OC)c1. The highest BCUT2D eigenvalue weighted by Crippen LogP contribution is 2.32. The monoisotopic (exact) mass is 437 g/mol. The lowest BCUT2D eigenvalue weighted by Crippen LogP contribution is -2.27. The normalized spacial score (nSPS) is 11.5. The maximum atomic E-state index is 13.6. The molecule has 1 heterocycles. The highest BCUT2D eigenvalue weighted by atomic mass is 32.2. The standard InChI is InChI=1S/C19H20FN3O6S/c1-23(30(24,25)17-9-12(20)5-8-15(17)27-3)11-18-21-19(22-29-18)14-7-6-13(26-2)10-16(14)28-4/h5-10H,11H2,1-4H3. The number of rotatable bonds is 8. The first kappa shape index (κ1) is 21.5. The van der Waals surface area contributed by atoms with Gasteiger partial charge in [-0.2, -0.15) is 9.29 Å². The number of sulfonamides is 1. The Bertz CT molecular complexity index is 1150. The molecule has 2 aromatic carbocycles. The fraction of sp³-hybridized carbons (Fsp3) is 0.263. The lowest BCUT2D eigenvalue weighted by Gasteiger charge is -2.17. The molecule has 1 aromatic heterocycles. The van der Waals surface area contributed by atoms with Crippen LogP contribution in [0, 0.1) is 5.82 Å². The average Bonchev–Trinajstić information content (AvgIpc) is 3.21. The van der Waals surface area contributed by atoms with Crippen LogP contribution in [0.1, 0.15) is 5.89 Å². The van der Waals surface area contributed by atoms with E-state index in [0.717, 1.165) is 16.4 Å². The minimum Gasteiger partial charge on any atom is -0.497 e. The lowest BCUT2D eigenvalue weighted by atomic mass is 10.2.